The van der Waals surface area contributed by atoms with Crippen LogP contribution in [0.15, 0.2) is 48.6 Å². The van der Waals surface area contributed by atoms with Gasteiger partial charge in [0.05, 0.1) is 12.2 Å². The van der Waals surface area contributed by atoms with Gasteiger partial charge in [0.25, 0.3) is 0 Å². The van der Waals surface area contributed by atoms with Gasteiger partial charge in [-0.05, 0) is 96.7 Å². The molecule has 354 valence electrons. The number of aliphatic hydroxyl groups excluding tert-OH is 2. The Morgan fingerprint density at radius 1 is 0.400 bits per heavy atom. The Balaban J connectivity index is 4.33. The van der Waals surface area contributed by atoms with Gasteiger partial charge in [0, 0.05) is 32.2 Å². The number of nitrogens with zero attached hydrogens (tertiary/aromatic N) is 2. The quantitative estimate of drug-likeness (QED) is 0.0360. The Hall–Kier alpha value is -1.28. The van der Waals surface area contributed by atoms with Crippen molar-refractivity contribution < 1.29 is 10.2 Å². The van der Waals surface area contributed by atoms with Gasteiger partial charge in [0.1, 0.15) is 0 Å². The highest BCUT2D eigenvalue weighted by Crippen LogP contribution is 2.18. The second-order valence-corrected chi connectivity index (χ2v) is 18.1. The fourth-order valence-corrected chi connectivity index (χ4v) is 8.19. The smallest absolute Gasteiger partial charge is 0.0789 e. The highest BCUT2D eigenvalue weighted by Gasteiger charge is 2.18. The molecule has 0 aromatic rings. The molecular weight excluding hydrogens is 737 g/mol. The van der Waals surface area contributed by atoms with Gasteiger partial charge in [-0.1, -0.05) is 204 Å². The lowest BCUT2D eigenvalue weighted by Gasteiger charge is -2.31. The van der Waals surface area contributed by atoms with Crippen molar-refractivity contribution in [2.24, 2.45) is 11.5 Å². The first-order valence-electron chi connectivity index (χ1n) is 26.4. The van der Waals surface area contributed by atoms with Crippen LogP contribution in [0, 0.1) is 0 Å². The lowest BCUT2D eigenvalue weighted by molar-refractivity contribution is 0.0986. The molecule has 3 atom stereocenters. The van der Waals surface area contributed by atoms with E-state index in [1.54, 1.807) is 0 Å². The number of hydrogen-bond acceptors (Lipinski definition) is 6. The minimum Gasteiger partial charge on any atom is -0.390 e. The standard InChI is InChI=1S/C54H106N4O2/c1-4-7-10-13-15-17-18-19-20-21-22-23-26-30-35-40-45-57(50-53(59)48-55)46-41-36-31-27-24-25-28-32-37-42-47-58(51-54(60)49-56)52(43-38-33-12-9-6-3)44-39-34-29-16-14-11-8-5-2/h15-17,19-20,29,39,44,52-54,59-60H,4-14,18,21-28,30-38,40-43,45-51,55-56H2,1-3H3/b17-15-,20-19+,29-16-,44-39-. The SMILES string of the molecule is CCCCC/C=C\C/C=C\C(CCCCCCC)N(CCCCCCCCCCCCN(CCCCCCCC/C=C/C/C=C\CCCCC)CC(O)CN)CC(O)CN. The summed E-state index contributed by atoms with van der Waals surface area (Å²) in [5.74, 6) is 0. The fourth-order valence-electron chi connectivity index (χ4n) is 8.19. The van der Waals surface area contributed by atoms with Gasteiger partial charge in [-0.15, -0.1) is 0 Å². The van der Waals surface area contributed by atoms with Crippen LogP contribution >= 0.6 is 0 Å². The van der Waals surface area contributed by atoms with Gasteiger partial charge < -0.3 is 26.6 Å². The summed E-state index contributed by atoms with van der Waals surface area (Å²) in [6.07, 6.45) is 60.0. The summed E-state index contributed by atoms with van der Waals surface area (Å²) in [5.41, 5.74) is 11.7. The average molecular weight is 843 g/mol. The van der Waals surface area contributed by atoms with E-state index < -0.39 is 12.2 Å². The maximum absolute atomic E-state index is 10.6. The van der Waals surface area contributed by atoms with Crippen LogP contribution in [0.1, 0.15) is 233 Å². The molecule has 3 unspecified atom stereocenters. The molecule has 0 bridgehead atoms. The first-order chi connectivity index (χ1) is 29.5. The van der Waals surface area contributed by atoms with Crippen molar-refractivity contribution in [2.75, 3.05) is 45.8 Å². The minimum atomic E-state index is -0.458. The van der Waals surface area contributed by atoms with Gasteiger partial charge in [-0.3, -0.25) is 4.90 Å². The molecule has 0 aromatic heterocycles. The third kappa shape index (κ3) is 42.0. The summed E-state index contributed by atoms with van der Waals surface area (Å²) >= 11 is 0. The zero-order valence-electron chi connectivity index (χ0n) is 40.6. The van der Waals surface area contributed by atoms with E-state index in [1.807, 2.05) is 0 Å². The molecule has 6 N–H and O–H groups in total. The van der Waals surface area contributed by atoms with E-state index in [2.05, 4.69) is 79.2 Å². The van der Waals surface area contributed by atoms with Crippen LogP contribution in [-0.4, -0.2) is 84.1 Å². The van der Waals surface area contributed by atoms with Crippen LogP contribution < -0.4 is 11.5 Å². The molecule has 0 rings (SSSR count). The molecule has 0 saturated carbocycles. The maximum Gasteiger partial charge on any atom is 0.0789 e. The zero-order chi connectivity index (χ0) is 43.8. The summed E-state index contributed by atoms with van der Waals surface area (Å²) in [7, 11) is 0. The van der Waals surface area contributed by atoms with Gasteiger partial charge in [0.15, 0.2) is 0 Å². The average Bonchev–Trinajstić information content (AvgIpc) is 3.25. The molecule has 0 radical (unpaired) electrons. The van der Waals surface area contributed by atoms with E-state index in [-0.39, 0.29) is 0 Å². The maximum atomic E-state index is 10.6. The lowest BCUT2D eigenvalue weighted by Crippen LogP contribution is -2.42. The molecule has 0 fully saturated rings. The van der Waals surface area contributed by atoms with Crippen molar-refractivity contribution in [3.8, 4) is 0 Å². The van der Waals surface area contributed by atoms with Crippen LogP contribution in [0.5, 0.6) is 0 Å². The summed E-state index contributed by atoms with van der Waals surface area (Å²) in [6, 6.07) is 0.384. The van der Waals surface area contributed by atoms with Crippen LogP contribution in [0.3, 0.4) is 0 Å². The van der Waals surface area contributed by atoms with E-state index in [0.29, 0.717) is 25.7 Å². The topological polar surface area (TPSA) is 99.0 Å². The minimum absolute atomic E-state index is 0.330. The monoisotopic (exact) mass is 843 g/mol. The molecule has 0 spiro atoms. The number of hydrogen-bond donors (Lipinski definition) is 4. The van der Waals surface area contributed by atoms with Crippen LogP contribution in [0.2, 0.25) is 0 Å². The third-order valence-corrected chi connectivity index (χ3v) is 12.1. The Labute approximate surface area is 375 Å². The molecule has 0 aromatic carbocycles. The Bertz CT molecular complexity index is 952. The number of nitrogens with two attached hydrogens (primary N) is 2. The fraction of sp³-hybridized carbons (Fsp3) is 0.852. The van der Waals surface area contributed by atoms with Crippen molar-refractivity contribution in [2.45, 2.75) is 251 Å². The van der Waals surface area contributed by atoms with E-state index >= 15 is 0 Å². The molecule has 0 saturated heterocycles. The van der Waals surface area contributed by atoms with Crippen LogP contribution in [-0.2, 0) is 0 Å². The van der Waals surface area contributed by atoms with Gasteiger partial charge in [-0.25, -0.2) is 0 Å². The summed E-state index contributed by atoms with van der Waals surface area (Å²) < 4.78 is 0. The number of unbranched alkanes of at least 4 members (excludes halogenated alkanes) is 25. The largest absolute Gasteiger partial charge is 0.390 e. The number of aliphatic hydroxyl groups is 2. The Morgan fingerprint density at radius 2 is 0.767 bits per heavy atom. The molecule has 0 amide bonds. The summed E-state index contributed by atoms with van der Waals surface area (Å²) in [5, 5.41) is 20.8. The van der Waals surface area contributed by atoms with Crippen molar-refractivity contribution in [1.29, 1.82) is 0 Å². The number of allylic oxidation sites excluding steroid dienone is 7. The zero-order valence-corrected chi connectivity index (χ0v) is 40.6. The molecule has 0 aliphatic carbocycles. The lowest BCUT2D eigenvalue weighted by atomic mass is 10.0. The predicted molar refractivity (Wildman–Crippen MR) is 268 cm³/mol. The molecule has 0 heterocycles. The van der Waals surface area contributed by atoms with Crippen molar-refractivity contribution >= 4 is 0 Å². The molecule has 6 heteroatoms. The van der Waals surface area contributed by atoms with Crippen molar-refractivity contribution in [3.63, 3.8) is 0 Å². The second kappa shape index (κ2) is 48.7. The van der Waals surface area contributed by atoms with Gasteiger partial charge >= 0.3 is 0 Å². The third-order valence-electron chi connectivity index (χ3n) is 12.1. The van der Waals surface area contributed by atoms with Crippen LogP contribution in [0.4, 0.5) is 0 Å². The Morgan fingerprint density at radius 3 is 1.25 bits per heavy atom. The van der Waals surface area contributed by atoms with Gasteiger partial charge in [0.2, 0.25) is 0 Å². The molecule has 6 nitrogen and oxygen atoms in total. The predicted octanol–water partition coefficient (Wildman–Crippen LogP) is 13.8. The number of rotatable bonds is 48. The van der Waals surface area contributed by atoms with Gasteiger partial charge in [-0.2, -0.15) is 0 Å². The highest BCUT2D eigenvalue weighted by molar-refractivity contribution is 4.99. The van der Waals surface area contributed by atoms with E-state index in [1.165, 1.54) is 199 Å². The Kier molecular flexibility index (Phi) is 47.7. The molecule has 60 heavy (non-hydrogen) atoms. The molecule has 0 aliphatic heterocycles. The first kappa shape index (κ1) is 58.7. The molecule has 0 aliphatic rings. The second-order valence-electron chi connectivity index (χ2n) is 18.1. The van der Waals surface area contributed by atoms with Crippen molar-refractivity contribution in [3.05, 3.63) is 48.6 Å². The summed E-state index contributed by atoms with van der Waals surface area (Å²) in [4.78, 5) is 5.01. The first-order valence-corrected chi connectivity index (χ1v) is 26.4. The van der Waals surface area contributed by atoms with Crippen molar-refractivity contribution in [1.82, 2.24) is 9.80 Å². The van der Waals surface area contributed by atoms with E-state index in [9.17, 15) is 10.2 Å². The van der Waals surface area contributed by atoms with E-state index in [4.69, 9.17) is 11.5 Å². The normalized spacial score (nSPS) is 14.1. The van der Waals surface area contributed by atoms with E-state index in [0.717, 1.165) is 39.0 Å². The molecular formula is C54H106N4O2. The van der Waals surface area contributed by atoms with Crippen LogP contribution in [0.25, 0.3) is 0 Å². The summed E-state index contributed by atoms with van der Waals surface area (Å²) in [6.45, 7) is 12.1. The highest BCUT2D eigenvalue weighted by atomic mass is 16.3.